The summed E-state index contributed by atoms with van der Waals surface area (Å²) < 4.78 is 27.9. The first-order chi connectivity index (χ1) is 8.45. The summed E-state index contributed by atoms with van der Waals surface area (Å²) in [5.74, 6) is 0. The molecule has 7 heteroatoms. The van der Waals surface area contributed by atoms with Gasteiger partial charge in [0.2, 0.25) is 0 Å². The molecule has 0 bridgehead atoms. The number of piperidine rings is 1. The van der Waals surface area contributed by atoms with Crippen molar-refractivity contribution in [3.8, 4) is 0 Å². The summed E-state index contributed by atoms with van der Waals surface area (Å²) in [5, 5.41) is 3.16. The van der Waals surface area contributed by atoms with Crippen molar-refractivity contribution in [2.75, 3.05) is 20.1 Å². The normalized spacial score (nSPS) is 22.3. The molecule has 4 nitrogen and oxygen atoms in total. The van der Waals surface area contributed by atoms with Crippen LogP contribution in [0.4, 0.5) is 0 Å². The van der Waals surface area contributed by atoms with Gasteiger partial charge < -0.3 is 5.32 Å². The van der Waals surface area contributed by atoms with Gasteiger partial charge in [0, 0.05) is 19.1 Å². The van der Waals surface area contributed by atoms with Gasteiger partial charge in [-0.05, 0) is 54.4 Å². The number of aryl methyl sites for hydroxylation is 1. The third-order valence-electron chi connectivity index (χ3n) is 3.22. The second-order valence-corrected chi connectivity index (χ2v) is 9.05. The maximum atomic E-state index is 12.5. The molecule has 0 radical (unpaired) electrons. The minimum absolute atomic E-state index is 0.262. The van der Waals surface area contributed by atoms with E-state index in [1.165, 1.54) is 11.3 Å². The van der Waals surface area contributed by atoms with E-state index in [0.29, 0.717) is 17.3 Å². The molecule has 0 amide bonds. The predicted molar refractivity (Wildman–Crippen MR) is 77.6 cm³/mol. The molecule has 1 saturated heterocycles. The molecule has 0 aromatic carbocycles. The lowest BCUT2D eigenvalue weighted by atomic mass is 10.1. The highest BCUT2D eigenvalue weighted by Gasteiger charge is 2.31. The minimum Gasteiger partial charge on any atom is -0.316 e. The highest BCUT2D eigenvalue weighted by Crippen LogP contribution is 2.33. The third-order valence-corrected chi connectivity index (χ3v) is 7.67. The summed E-state index contributed by atoms with van der Waals surface area (Å²) in [4.78, 5) is 0. The fourth-order valence-electron chi connectivity index (χ4n) is 2.08. The molecule has 1 aromatic rings. The Hall–Kier alpha value is 0.0500. The molecule has 102 valence electrons. The van der Waals surface area contributed by atoms with Gasteiger partial charge in [-0.3, -0.25) is 0 Å². The molecule has 0 spiro atoms. The van der Waals surface area contributed by atoms with E-state index in [2.05, 4.69) is 21.2 Å². The van der Waals surface area contributed by atoms with Crippen molar-refractivity contribution in [1.82, 2.24) is 9.62 Å². The topological polar surface area (TPSA) is 49.4 Å². The lowest BCUT2D eigenvalue weighted by Gasteiger charge is -2.31. The Morgan fingerprint density at radius 3 is 2.83 bits per heavy atom. The number of nitrogens with zero attached hydrogens (tertiary/aromatic N) is 1. The third kappa shape index (κ3) is 2.80. The highest BCUT2D eigenvalue weighted by molar-refractivity contribution is 9.11. The first kappa shape index (κ1) is 14.5. The number of hydrogen-bond acceptors (Lipinski definition) is 4. The van der Waals surface area contributed by atoms with Crippen LogP contribution in [0.2, 0.25) is 0 Å². The second-order valence-electron chi connectivity index (χ2n) is 4.51. The number of sulfonamides is 1. The lowest BCUT2D eigenvalue weighted by Crippen LogP contribution is -2.46. The Kier molecular flexibility index (Phi) is 4.48. The van der Waals surface area contributed by atoms with E-state index in [1.54, 1.807) is 10.4 Å². The zero-order chi connectivity index (χ0) is 13.3. The summed E-state index contributed by atoms with van der Waals surface area (Å²) in [7, 11) is -1.44. The first-order valence-electron chi connectivity index (χ1n) is 5.88. The largest absolute Gasteiger partial charge is 0.316 e. The average molecular weight is 353 g/mol. The predicted octanol–water partition coefficient (Wildman–Crippen LogP) is 2.19. The SMILES string of the molecule is CN[C@H]1CCCN(S(=O)(=O)c2cc(C)c(Br)s2)C1. The lowest BCUT2D eigenvalue weighted by molar-refractivity contribution is 0.293. The fraction of sp³-hybridized carbons (Fsp3) is 0.636. The molecule has 1 aromatic heterocycles. The number of rotatable bonds is 3. The molecular formula is C11H17BrN2O2S2. The van der Waals surface area contributed by atoms with Crippen LogP contribution in [0.25, 0.3) is 0 Å². The number of likely N-dealkylation sites (N-methyl/N-ethyl adjacent to an activating group) is 1. The molecule has 0 saturated carbocycles. The van der Waals surface area contributed by atoms with Crippen molar-refractivity contribution in [3.05, 3.63) is 15.4 Å². The quantitative estimate of drug-likeness (QED) is 0.906. The van der Waals surface area contributed by atoms with Crippen molar-refractivity contribution < 1.29 is 8.42 Å². The van der Waals surface area contributed by atoms with E-state index in [4.69, 9.17) is 0 Å². The van der Waals surface area contributed by atoms with E-state index >= 15 is 0 Å². The van der Waals surface area contributed by atoms with Gasteiger partial charge in [0.1, 0.15) is 4.21 Å². The van der Waals surface area contributed by atoms with Crippen LogP contribution in [-0.4, -0.2) is 38.9 Å². The molecule has 1 aliphatic heterocycles. The van der Waals surface area contributed by atoms with Gasteiger partial charge in [-0.1, -0.05) is 0 Å². The van der Waals surface area contributed by atoms with Crippen LogP contribution < -0.4 is 5.32 Å². The Bertz CT molecular complexity index is 508. The number of hydrogen-bond donors (Lipinski definition) is 1. The van der Waals surface area contributed by atoms with Gasteiger partial charge in [0.15, 0.2) is 0 Å². The maximum absolute atomic E-state index is 12.5. The zero-order valence-electron chi connectivity index (χ0n) is 10.4. The van der Waals surface area contributed by atoms with E-state index in [0.717, 1.165) is 22.2 Å². The van der Waals surface area contributed by atoms with Gasteiger partial charge in [0.25, 0.3) is 10.0 Å². The second kappa shape index (κ2) is 5.58. The molecular weight excluding hydrogens is 336 g/mol. The van der Waals surface area contributed by atoms with Crippen LogP contribution in [0, 0.1) is 6.92 Å². The van der Waals surface area contributed by atoms with Crippen LogP contribution in [0.15, 0.2) is 14.1 Å². The van der Waals surface area contributed by atoms with Crippen LogP contribution in [0.5, 0.6) is 0 Å². The van der Waals surface area contributed by atoms with Crippen LogP contribution in [0.1, 0.15) is 18.4 Å². The Morgan fingerprint density at radius 1 is 1.56 bits per heavy atom. The Labute approximate surface area is 121 Å². The fourth-order valence-corrected chi connectivity index (χ4v) is 5.99. The molecule has 1 N–H and O–H groups in total. The molecule has 0 unspecified atom stereocenters. The van der Waals surface area contributed by atoms with E-state index in [-0.39, 0.29) is 6.04 Å². The summed E-state index contributed by atoms with van der Waals surface area (Å²) in [5.41, 5.74) is 0.973. The van der Waals surface area contributed by atoms with Crippen LogP contribution in [0.3, 0.4) is 0 Å². The van der Waals surface area contributed by atoms with Gasteiger partial charge >= 0.3 is 0 Å². The van der Waals surface area contributed by atoms with E-state index in [1.807, 2.05) is 14.0 Å². The monoisotopic (exact) mass is 352 g/mol. The summed E-state index contributed by atoms with van der Waals surface area (Å²) >= 11 is 4.67. The summed E-state index contributed by atoms with van der Waals surface area (Å²) in [6, 6.07) is 2.01. The Morgan fingerprint density at radius 2 is 2.28 bits per heavy atom. The number of halogens is 1. The van der Waals surface area contributed by atoms with Crippen LogP contribution in [-0.2, 0) is 10.0 Å². The van der Waals surface area contributed by atoms with Crippen molar-refractivity contribution in [1.29, 1.82) is 0 Å². The Balaban J connectivity index is 2.25. The van der Waals surface area contributed by atoms with Gasteiger partial charge in [-0.25, -0.2) is 8.42 Å². The molecule has 0 aliphatic carbocycles. The van der Waals surface area contributed by atoms with Crippen molar-refractivity contribution in [3.63, 3.8) is 0 Å². The molecule has 1 atom stereocenters. The first-order valence-corrected chi connectivity index (χ1v) is 8.93. The van der Waals surface area contributed by atoms with Gasteiger partial charge in [-0.15, -0.1) is 11.3 Å². The average Bonchev–Trinajstić information content (AvgIpc) is 2.70. The maximum Gasteiger partial charge on any atom is 0.252 e. The molecule has 2 rings (SSSR count). The minimum atomic E-state index is -3.32. The highest BCUT2D eigenvalue weighted by atomic mass is 79.9. The molecule has 18 heavy (non-hydrogen) atoms. The smallest absolute Gasteiger partial charge is 0.252 e. The van der Waals surface area contributed by atoms with Crippen molar-refractivity contribution in [2.24, 2.45) is 0 Å². The standard InChI is InChI=1S/C11H17BrN2O2S2/c1-8-6-10(17-11(8)12)18(15,16)14-5-3-4-9(7-14)13-2/h6,9,13H,3-5,7H2,1-2H3/t9-/m0/s1. The van der Waals surface area contributed by atoms with E-state index in [9.17, 15) is 8.42 Å². The van der Waals surface area contributed by atoms with Gasteiger partial charge in [-0.2, -0.15) is 4.31 Å². The summed E-state index contributed by atoms with van der Waals surface area (Å²) in [6.45, 7) is 3.09. The van der Waals surface area contributed by atoms with Crippen molar-refractivity contribution >= 4 is 37.3 Å². The van der Waals surface area contributed by atoms with Crippen LogP contribution >= 0.6 is 27.3 Å². The van der Waals surface area contributed by atoms with Crippen molar-refractivity contribution in [2.45, 2.75) is 30.0 Å². The molecule has 2 heterocycles. The zero-order valence-corrected chi connectivity index (χ0v) is 13.7. The summed E-state index contributed by atoms with van der Waals surface area (Å²) in [6.07, 6.45) is 1.95. The number of thiophene rings is 1. The van der Waals surface area contributed by atoms with E-state index < -0.39 is 10.0 Å². The molecule has 1 aliphatic rings. The van der Waals surface area contributed by atoms with Gasteiger partial charge in [0.05, 0.1) is 3.79 Å². The number of nitrogens with one attached hydrogen (secondary N) is 1. The molecule has 1 fully saturated rings.